The van der Waals surface area contributed by atoms with Crippen molar-refractivity contribution >= 4 is 23.3 Å². The van der Waals surface area contributed by atoms with Gasteiger partial charge in [0.2, 0.25) is 5.91 Å². The Balaban J connectivity index is 2.65. The second kappa shape index (κ2) is 6.44. The van der Waals surface area contributed by atoms with Gasteiger partial charge in [0.25, 0.3) is 11.4 Å². The van der Waals surface area contributed by atoms with Crippen molar-refractivity contribution < 1.29 is 24.2 Å². The van der Waals surface area contributed by atoms with E-state index >= 15 is 0 Å². The number of nitrogens with zero attached hydrogens (tertiary/aromatic N) is 2. The highest BCUT2D eigenvalue weighted by Crippen LogP contribution is 2.39. The number of hydrogen-bond donors (Lipinski definition) is 1. The van der Waals surface area contributed by atoms with Gasteiger partial charge >= 0.3 is 5.97 Å². The third-order valence-electron chi connectivity index (χ3n) is 3.67. The molecule has 10 heteroatoms. The number of carbonyl (C=O) groups is 2. The molecule has 0 radical (unpaired) electrons. The summed E-state index contributed by atoms with van der Waals surface area (Å²) in [6, 6.07) is 3.10. The highest BCUT2D eigenvalue weighted by molar-refractivity contribution is 5.96. The molecule has 1 unspecified atom stereocenters. The topological polar surface area (TPSA) is 142 Å². The number of rotatable bonds is 4. The number of methoxy groups -OCH3 is 1. The minimum atomic E-state index is -0.924. The van der Waals surface area contributed by atoms with E-state index < -0.39 is 39.0 Å². The van der Waals surface area contributed by atoms with Crippen molar-refractivity contribution in [2.24, 2.45) is 0 Å². The molecule has 0 spiro atoms. The van der Waals surface area contributed by atoms with Crippen molar-refractivity contribution in [3.63, 3.8) is 0 Å². The number of hydrogen-bond acceptors (Lipinski definition) is 7. The summed E-state index contributed by atoms with van der Waals surface area (Å²) < 4.78 is 4.68. The minimum Gasteiger partial charge on any atom is -0.466 e. The standard InChI is InChI=1S/C14H13N3O7/c1-7-13(14(19)24-2)10(6-12(18)15-7)9-4-3-8(16(20)21)5-11(9)17(22)23/h3-5,10H,6H2,1-2H3,(H,15,18). The molecule has 1 aromatic rings. The number of allylic oxidation sites excluding steroid dienone is 1. The second-order valence-corrected chi connectivity index (χ2v) is 5.09. The first-order valence-corrected chi connectivity index (χ1v) is 6.78. The zero-order valence-corrected chi connectivity index (χ0v) is 12.8. The van der Waals surface area contributed by atoms with E-state index in [2.05, 4.69) is 10.1 Å². The Morgan fingerprint density at radius 3 is 2.50 bits per heavy atom. The quantitative estimate of drug-likeness (QED) is 0.499. The van der Waals surface area contributed by atoms with Crippen LogP contribution in [0.1, 0.15) is 24.8 Å². The first-order chi connectivity index (χ1) is 11.3. The van der Waals surface area contributed by atoms with E-state index in [1.807, 2.05) is 0 Å². The van der Waals surface area contributed by atoms with Crippen LogP contribution in [0.3, 0.4) is 0 Å². The zero-order chi connectivity index (χ0) is 18.0. The molecule has 0 fully saturated rings. The lowest BCUT2D eigenvalue weighted by molar-refractivity contribution is -0.394. The van der Waals surface area contributed by atoms with Gasteiger partial charge in [-0.25, -0.2) is 4.79 Å². The normalized spacial score (nSPS) is 17.2. The maximum Gasteiger partial charge on any atom is 0.336 e. The molecule has 126 valence electrons. The van der Waals surface area contributed by atoms with E-state index in [1.165, 1.54) is 13.0 Å². The summed E-state index contributed by atoms with van der Waals surface area (Å²) in [7, 11) is 1.15. The number of carbonyl (C=O) groups excluding carboxylic acids is 2. The molecule has 1 aliphatic rings. The first kappa shape index (κ1) is 17.1. The molecule has 24 heavy (non-hydrogen) atoms. The number of benzene rings is 1. The summed E-state index contributed by atoms with van der Waals surface area (Å²) in [6.07, 6.45) is -0.208. The van der Waals surface area contributed by atoms with Crippen LogP contribution in [-0.2, 0) is 14.3 Å². The Morgan fingerprint density at radius 1 is 1.29 bits per heavy atom. The number of non-ortho nitro benzene ring substituents is 1. The average Bonchev–Trinajstić information content (AvgIpc) is 2.52. The van der Waals surface area contributed by atoms with Gasteiger partial charge < -0.3 is 10.1 Å². The molecule has 2 rings (SSSR count). The van der Waals surface area contributed by atoms with Gasteiger partial charge in [0.05, 0.1) is 28.6 Å². The van der Waals surface area contributed by atoms with Crippen molar-refractivity contribution in [3.05, 3.63) is 55.3 Å². The van der Waals surface area contributed by atoms with Gasteiger partial charge in [0.1, 0.15) is 0 Å². The molecule has 1 aliphatic heterocycles. The molecule has 0 bridgehead atoms. The molecular weight excluding hydrogens is 322 g/mol. The zero-order valence-electron chi connectivity index (χ0n) is 12.8. The monoisotopic (exact) mass is 335 g/mol. The van der Waals surface area contributed by atoms with Crippen LogP contribution in [0.5, 0.6) is 0 Å². The van der Waals surface area contributed by atoms with E-state index in [0.29, 0.717) is 0 Å². The highest BCUT2D eigenvalue weighted by Gasteiger charge is 2.36. The van der Waals surface area contributed by atoms with Gasteiger partial charge in [-0.2, -0.15) is 0 Å². The number of nitro benzene ring substituents is 2. The predicted octanol–water partition coefficient (Wildman–Crippen LogP) is 1.55. The first-order valence-electron chi connectivity index (χ1n) is 6.78. The Morgan fingerprint density at radius 2 is 1.96 bits per heavy atom. The van der Waals surface area contributed by atoms with Crippen molar-refractivity contribution in [1.29, 1.82) is 0 Å². The Hall–Kier alpha value is -3.30. The maximum absolute atomic E-state index is 12.0. The van der Waals surface area contributed by atoms with Crippen molar-refractivity contribution in [1.82, 2.24) is 5.32 Å². The van der Waals surface area contributed by atoms with Crippen molar-refractivity contribution in [2.75, 3.05) is 7.11 Å². The van der Waals surface area contributed by atoms with Crippen LogP contribution in [0.4, 0.5) is 11.4 Å². The number of ether oxygens (including phenoxy) is 1. The largest absolute Gasteiger partial charge is 0.466 e. The number of esters is 1. The number of nitrogens with one attached hydrogen (secondary N) is 1. The van der Waals surface area contributed by atoms with Gasteiger partial charge in [0.15, 0.2) is 0 Å². The van der Waals surface area contributed by atoms with Crippen LogP contribution < -0.4 is 5.32 Å². The van der Waals surface area contributed by atoms with Crippen LogP contribution in [-0.4, -0.2) is 28.8 Å². The van der Waals surface area contributed by atoms with Crippen LogP contribution >= 0.6 is 0 Å². The van der Waals surface area contributed by atoms with Crippen LogP contribution in [0.2, 0.25) is 0 Å². The lowest BCUT2D eigenvalue weighted by Gasteiger charge is -2.25. The molecule has 1 amide bonds. The molecule has 10 nitrogen and oxygen atoms in total. The Labute approximate surface area is 135 Å². The highest BCUT2D eigenvalue weighted by atomic mass is 16.6. The molecule has 1 heterocycles. The molecule has 1 aromatic carbocycles. The van der Waals surface area contributed by atoms with E-state index in [-0.39, 0.29) is 23.3 Å². The lowest BCUT2D eigenvalue weighted by Crippen LogP contribution is -2.34. The summed E-state index contributed by atoms with van der Waals surface area (Å²) in [5, 5.41) is 24.6. The fraction of sp³-hybridized carbons (Fsp3) is 0.286. The molecule has 0 saturated heterocycles. The van der Waals surface area contributed by atoms with Gasteiger partial charge in [0, 0.05) is 29.7 Å². The minimum absolute atomic E-state index is 0.0419. The number of nitro groups is 2. The summed E-state index contributed by atoms with van der Waals surface area (Å²) in [5.74, 6) is -2.07. The van der Waals surface area contributed by atoms with Gasteiger partial charge in [-0.1, -0.05) is 0 Å². The van der Waals surface area contributed by atoms with E-state index in [4.69, 9.17) is 0 Å². The Bertz CT molecular complexity index is 785. The van der Waals surface area contributed by atoms with Crippen molar-refractivity contribution in [2.45, 2.75) is 19.3 Å². The summed E-state index contributed by atoms with van der Waals surface area (Å²) in [5.41, 5.74) is -0.630. The molecule has 1 atom stereocenters. The van der Waals surface area contributed by atoms with Gasteiger partial charge in [-0.3, -0.25) is 25.0 Å². The van der Waals surface area contributed by atoms with Crippen LogP contribution in [0.15, 0.2) is 29.5 Å². The summed E-state index contributed by atoms with van der Waals surface area (Å²) in [6.45, 7) is 1.48. The molecule has 0 saturated carbocycles. The third-order valence-corrected chi connectivity index (χ3v) is 3.67. The van der Waals surface area contributed by atoms with Crippen molar-refractivity contribution in [3.8, 4) is 0 Å². The SMILES string of the molecule is COC(=O)C1=C(C)NC(=O)CC1c1ccc([N+](=O)[O-])cc1[N+](=O)[O-]. The fourth-order valence-electron chi connectivity index (χ4n) is 2.65. The molecule has 0 aromatic heterocycles. The summed E-state index contributed by atoms with van der Waals surface area (Å²) in [4.78, 5) is 44.4. The lowest BCUT2D eigenvalue weighted by atomic mass is 9.83. The van der Waals surface area contributed by atoms with Gasteiger partial charge in [-0.05, 0) is 13.0 Å². The van der Waals surface area contributed by atoms with E-state index in [1.54, 1.807) is 0 Å². The van der Waals surface area contributed by atoms with E-state index in [9.17, 15) is 29.8 Å². The van der Waals surface area contributed by atoms with E-state index in [0.717, 1.165) is 19.2 Å². The van der Waals surface area contributed by atoms with Gasteiger partial charge in [-0.15, -0.1) is 0 Å². The smallest absolute Gasteiger partial charge is 0.336 e. The van der Waals surface area contributed by atoms with Crippen LogP contribution in [0.25, 0.3) is 0 Å². The third kappa shape index (κ3) is 3.07. The molecular formula is C14H13N3O7. The molecule has 0 aliphatic carbocycles. The molecule has 1 N–H and O–H groups in total. The maximum atomic E-state index is 12.0. The number of amides is 1. The van der Waals surface area contributed by atoms with Crippen LogP contribution in [0, 0.1) is 20.2 Å². The fourth-order valence-corrected chi connectivity index (χ4v) is 2.65. The Kier molecular flexibility index (Phi) is 4.58. The predicted molar refractivity (Wildman–Crippen MR) is 80.0 cm³/mol. The summed E-state index contributed by atoms with van der Waals surface area (Å²) >= 11 is 0. The second-order valence-electron chi connectivity index (χ2n) is 5.09. The average molecular weight is 335 g/mol.